The number of aromatic nitrogens is 2. The van der Waals surface area contributed by atoms with Gasteiger partial charge in [0.2, 0.25) is 11.0 Å². The molecule has 0 bridgehead atoms. The van der Waals surface area contributed by atoms with Crippen molar-refractivity contribution in [2.24, 2.45) is 5.92 Å². The summed E-state index contributed by atoms with van der Waals surface area (Å²) in [6, 6.07) is 9.68. The summed E-state index contributed by atoms with van der Waals surface area (Å²) in [7, 11) is 1.60. The van der Waals surface area contributed by atoms with E-state index in [2.05, 4.69) is 26.9 Å². The van der Waals surface area contributed by atoms with Crippen LogP contribution in [-0.2, 0) is 4.79 Å². The summed E-state index contributed by atoms with van der Waals surface area (Å²) in [5.41, 5.74) is -0.0859. The van der Waals surface area contributed by atoms with Crippen LogP contribution in [0.5, 0.6) is 5.75 Å². The van der Waals surface area contributed by atoms with Crippen molar-refractivity contribution in [1.29, 1.82) is 5.26 Å². The van der Waals surface area contributed by atoms with Crippen molar-refractivity contribution in [2.75, 3.05) is 18.2 Å². The molecule has 0 aliphatic rings. The number of methoxy groups -OCH3 is 1. The summed E-state index contributed by atoms with van der Waals surface area (Å²) in [6.45, 7) is 5.52. The van der Waals surface area contributed by atoms with Gasteiger partial charge in [-0.2, -0.15) is 5.26 Å². The molecule has 2 rings (SSSR count). The first-order chi connectivity index (χ1) is 12.4. The van der Waals surface area contributed by atoms with Crippen LogP contribution in [0.25, 0.3) is 0 Å². The molecule has 2 aromatic rings. The van der Waals surface area contributed by atoms with Gasteiger partial charge in [-0.1, -0.05) is 49.1 Å². The monoisotopic (exact) mass is 391 g/mol. The lowest BCUT2D eigenvalue weighted by atomic mass is 9.90. The van der Waals surface area contributed by atoms with E-state index in [1.54, 1.807) is 14.0 Å². The molecular weight excluding hydrogens is 370 g/mol. The van der Waals surface area contributed by atoms with Gasteiger partial charge in [-0.15, -0.1) is 10.2 Å². The maximum absolute atomic E-state index is 12.1. The first-order valence-corrected chi connectivity index (χ1v) is 9.76. The second-order valence-corrected chi connectivity index (χ2v) is 8.20. The number of nitrogens with one attached hydrogen (secondary N) is 2. The van der Waals surface area contributed by atoms with Crippen LogP contribution in [0, 0.1) is 17.2 Å². The predicted molar refractivity (Wildman–Crippen MR) is 104 cm³/mol. The third-order valence-electron chi connectivity index (χ3n) is 3.87. The number of hydrogen-bond donors (Lipinski definition) is 2. The Balaban J connectivity index is 1.92. The van der Waals surface area contributed by atoms with Crippen LogP contribution in [0.15, 0.2) is 28.6 Å². The summed E-state index contributed by atoms with van der Waals surface area (Å²) in [5.74, 6) is 0.690. The summed E-state index contributed by atoms with van der Waals surface area (Å²) in [4.78, 5) is 12.1. The Morgan fingerprint density at radius 3 is 2.81 bits per heavy atom. The zero-order chi connectivity index (χ0) is 19.2. The molecule has 0 spiro atoms. The van der Waals surface area contributed by atoms with Crippen LogP contribution < -0.4 is 15.4 Å². The summed E-state index contributed by atoms with van der Waals surface area (Å²) < 4.78 is 5.96. The van der Waals surface area contributed by atoms with Gasteiger partial charge in [0.15, 0.2) is 4.34 Å². The predicted octanol–water partition coefficient (Wildman–Crippen LogP) is 3.44. The Kier molecular flexibility index (Phi) is 6.83. The van der Waals surface area contributed by atoms with Gasteiger partial charge in [-0.25, -0.2) is 0 Å². The standard InChI is InChI=1S/C17H21N5O2S2/c1-11(2)17(3,10-18)20-14(23)9-25-16-22-21-15(26-16)19-12-7-5-6-8-13(12)24-4/h5-8,11H,9H2,1-4H3,(H,19,21)(H,20,23). The van der Waals surface area contributed by atoms with E-state index in [1.807, 2.05) is 38.1 Å². The molecule has 0 aliphatic carbocycles. The topological polar surface area (TPSA) is 99.9 Å². The van der Waals surface area contributed by atoms with Crippen molar-refractivity contribution >= 4 is 39.8 Å². The third-order valence-corrected chi connectivity index (χ3v) is 5.84. The fourth-order valence-electron chi connectivity index (χ4n) is 1.94. The Hall–Kier alpha value is -2.31. The number of para-hydroxylation sites is 2. The van der Waals surface area contributed by atoms with Gasteiger partial charge in [-0.3, -0.25) is 4.79 Å². The molecule has 1 aromatic heterocycles. The number of hydrogen-bond acceptors (Lipinski definition) is 8. The number of rotatable bonds is 8. The van der Waals surface area contributed by atoms with Crippen LogP contribution in [0.1, 0.15) is 20.8 Å². The van der Waals surface area contributed by atoms with Gasteiger partial charge in [0, 0.05) is 0 Å². The maximum Gasteiger partial charge on any atom is 0.231 e. The Morgan fingerprint density at radius 1 is 1.42 bits per heavy atom. The van der Waals surface area contributed by atoms with Crippen molar-refractivity contribution in [1.82, 2.24) is 15.5 Å². The fourth-order valence-corrected chi connectivity index (χ4v) is 3.50. The molecule has 1 aromatic carbocycles. The molecule has 26 heavy (non-hydrogen) atoms. The Morgan fingerprint density at radius 2 is 2.15 bits per heavy atom. The average Bonchev–Trinajstić information content (AvgIpc) is 3.07. The molecule has 0 fully saturated rings. The van der Waals surface area contributed by atoms with E-state index in [1.165, 1.54) is 23.1 Å². The zero-order valence-corrected chi connectivity index (χ0v) is 16.7. The lowest BCUT2D eigenvalue weighted by Crippen LogP contribution is -2.49. The lowest BCUT2D eigenvalue weighted by Gasteiger charge is -2.27. The van der Waals surface area contributed by atoms with Crippen LogP contribution in [-0.4, -0.2) is 34.5 Å². The smallest absolute Gasteiger partial charge is 0.231 e. The third kappa shape index (κ3) is 5.09. The molecule has 7 nitrogen and oxygen atoms in total. The fraction of sp³-hybridized carbons (Fsp3) is 0.412. The number of thioether (sulfide) groups is 1. The summed E-state index contributed by atoms with van der Waals surface area (Å²) >= 11 is 2.63. The first kappa shape index (κ1) is 20.0. The van der Waals surface area contributed by atoms with E-state index >= 15 is 0 Å². The highest BCUT2D eigenvalue weighted by atomic mass is 32.2. The molecule has 0 saturated heterocycles. The quantitative estimate of drug-likeness (QED) is 0.665. The van der Waals surface area contributed by atoms with Crippen molar-refractivity contribution in [2.45, 2.75) is 30.6 Å². The molecule has 0 radical (unpaired) electrons. The molecule has 138 valence electrons. The SMILES string of the molecule is COc1ccccc1Nc1nnc(SCC(=O)NC(C)(C#N)C(C)C)s1. The largest absolute Gasteiger partial charge is 0.495 e. The summed E-state index contributed by atoms with van der Waals surface area (Å²) in [6.07, 6.45) is 0. The number of benzene rings is 1. The average molecular weight is 392 g/mol. The van der Waals surface area contributed by atoms with Crippen LogP contribution in [0.4, 0.5) is 10.8 Å². The van der Waals surface area contributed by atoms with E-state index in [-0.39, 0.29) is 17.6 Å². The number of nitrogens with zero attached hydrogens (tertiary/aromatic N) is 3. The minimum atomic E-state index is -0.880. The van der Waals surface area contributed by atoms with Crippen LogP contribution >= 0.6 is 23.1 Å². The van der Waals surface area contributed by atoms with E-state index in [9.17, 15) is 10.1 Å². The second kappa shape index (κ2) is 8.87. The first-order valence-electron chi connectivity index (χ1n) is 7.96. The van der Waals surface area contributed by atoms with Gasteiger partial charge in [-0.05, 0) is 25.0 Å². The normalized spacial score (nSPS) is 12.9. The molecule has 1 amide bonds. The molecule has 1 atom stereocenters. The molecule has 0 aliphatic heterocycles. The minimum Gasteiger partial charge on any atom is -0.495 e. The van der Waals surface area contributed by atoms with Gasteiger partial charge >= 0.3 is 0 Å². The molecule has 9 heteroatoms. The minimum absolute atomic E-state index is 0.0136. The van der Waals surface area contributed by atoms with E-state index in [0.717, 1.165) is 5.69 Å². The Labute approximate surface area is 161 Å². The van der Waals surface area contributed by atoms with Gasteiger partial charge < -0.3 is 15.4 Å². The van der Waals surface area contributed by atoms with Gasteiger partial charge in [0.25, 0.3) is 0 Å². The van der Waals surface area contributed by atoms with Gasteiger partial charge in [0.05, 0.1) is 24.6 Å². The van der Waals surface area contributed by atoms with Crippen molar-refractivity contribution in [3.63, 3.8) is 0 Å². The van der Waals surface area contributed by atoms with Gasteiger partial charge in [0.1, 0.15) is 11.3 Å². The highest BCUT2D eigenvalue weighted by molar-refractivity contribution is 8.01. The number of nitriles is 1. The van der Waals surface area contributed by atoms with E-state index in [4.69, 9.17) is 4.74 Å². The van der Waals surface area contributed by atoms with Crippen LogP contribution in [0.3, 0.4) is 0 Å². The number of anilines is 2. The maximum atomic E-state index is 12.1. The number of amides is 1. The van der Waals surface area contributed by atoms with Crippen molar-refractivity contribution < 1.29 is 9.53 Å². The van der Waals surface area contributed by atoms with E-state index < -0.39 is 5.54 Å². The molecule has 1 unspecified atom stereocenters. The molecule has 2 N–H and O–H groups in total. The molecule has 0 saturated carbocycles. The second-order valence-electron chi connectivity index (χ2n) is 6.00. The number of carbonyl (C=O) groups is 1. The molecular formula is C17H21N5O2S2. The zero-order valence-electron chi connectivity index (χ0n) is 15.1. The highest BCUT2D eigenvalue weighted by Gasteiger charge is 2.29. The van der Waals surface area contributed by atoms with Crippen LogP contribution in [0.2, 0.25) is 0 Å². The highest BCUT2D eigenvalue weighted by Crippen LogP contribution is 2.31. The van der Waals surface area contributed by atoms with Crippen molar-refractivity contribution in [3.8, 4) is 11.8 Å². The van der Waals surface area contributed by atoms with Crippen molar-refractivity contribution in [3.05, 3.63) is 24.3 Å². The Bertz CT molecular complexity index is 802. The lowest BCUT2D eigenvalue weighted by molar-refractivity contribution is -0.120. The molecule has 1 heterocycles. The number of ether oxygens (including phenoxy) is 1. The number of carbonyl (C=O) groups excluding carboxylic acids is 1. The summed E-state index contributed by atoms with van der Waals surface area (Å²) in [5, 5.41) is 24.0. The van der Waals surface area contributed by atoms with E-state index in [0.29, 0.717) is 15.2 Å².